The number of fused-ring (bicyclic) bond motifs is 1. The normalized spacial score (nSPS) is 32.7. The molecule has 0 spiro atoms. The molecule has 0 aromatic rings. The molecule has 1 saturated carbocycles. The molecular formula is C16H28N2O4S. The minimum atomic E-state index is -3.00. The van der Waals surface area contributed by atoms with E-state index in [0.717, 1.165) is 19.6 Å². The standard InChI is InChI=1S/C16H28N2O4S/c19-16(20)6-7-17-8-9-18(10-13-4-2-1-3-5-13)15-12-23(21,22)11-14(15)17/h13-15H,1-12H2,(H,19,20)/t14-,15+/m0/s1. The van der Waals surface area contributed by atoms with E-state index in [4.69, 9.17) is 5.11 Å². The van der Waals surface area contributed by atoms with Crippen molar-refractivity contribution in [1.29, 1.82) is 0 Å². The second-order valence-corrected chi connectivity index (χ2v) is 9.54. The molecule has 0 unspecified atom stereocenters. The highest BCUT2D eigenvalue weighted by Crippen LogP contribution is 2.30. The Balaban J connectivity index is 1.66. The molecule has 1 N–H and O–H groups in total. The van der Waals surface area contributed by atoms with E-state index in [1.54, 1.807) is 0 Å². The zero-order chi connectivity index (χ0) is 16.4. The van der Waals surface area contributed by atoms with Gasteiger partial charge in [-0.3, -0.25) is 14.6 Å². The zero-order valence-corrected chi connectivity index (χ0v) is 14.5. The van der Waals surface area contributed by atoms with Crippen molar-refractivity contribution in [2.75, 3.05) is 37.7 Å². The van der Waals surface area contributed by atoms with E-state index in [-0.39, 0.29) is 30.0 Å². The Labute approximate surface area is 138 Å². The van der Waals surface area contributed by atoms with Crippen molar-refractivity contribution < 1.29 is 18.3 Å². The van der Waals surface area contributed by atoms with E-state index < -0.39 is 15.8 Å². The molecule has 0 radical (unpaired) electrons. The van der Waals surface area contributed by atoms with Gasteiger partial charge in [0.2, 0.25) is 0 Å². The predicted octanol–water partition coefficient (Wildman–Crippen LogP) is 0.825. The van der Waals surface area contributed by atoms with Crippen LogP contribution in [-0.4, -0.2) is 79.1 Å². The summed E-state index contributed by atoms with van der Waals surface area (Å²) < 4.78 is 24.3. The van der Waals surface area contributed by atoms with Crippen molar-refractivity contribution in [2.45, 2.75) is 50.6 Å². The van der Waals surface area contributed by atoms with Gasteiger partial charge >= 0.3 is 5.97 Å². The number of hydrogen-bond acceptors (Lipinski definition) is 5. The van der Waals surface area contributed by atoms with Crippen LogP contribution in [0.2, 0.25) is 0 Å². The molecule has 0 bridgehead atoms. The van der Waals surface area contributed by atoms with Crippen molar-refractivity contribution in [3.63, 3.8) is 0 Å². The Morgan fingerprint density at radius 2 is 1.61 bits per heavy atom. The summed E-state index contributed by atoms with van der Waals surface area (Å²) in [6.45, 7) is 3.14. The lowest BCUT2D eigenvalue weighted by molar-refractivity contribution is -0.137. The fourth-order valence-corrected chi connectivity index (χ4v) is 6.58. The second-order valence-electron chi connectivity index (χ2n) is 7.39. The quantitative estimate of drug-likeness (QED) is 0.796. The number of nitrogens with zero attached hydrogens (tertiary/aromatic N) is 2. The first-order valence-electron chi connectivity index (χ1n) is 8.85. The first-order chi connectivity index (χ1) is 10.9. The first-order valence-corrected chi connectivity index (χ1v) is 10.7. The van der Waals surface area contributed by atoms with Crippen LogP contribution >= 0.6 is 0 Å². The molecule has 3 aliphatic rings. The highest BCUT2D eigenvalue weighted by Gasteiger charge is 2.46. The molecule has 2 atom stereocenters. The lowest BCUT2D eigenvalue weighted by Gasteiger charge is -2.45. The Bertz CT molecular complexity index is 530. The topological polar surface area (TPSA) is 77.9 Å². The van der Waals surface area contributed by atoms with Gasteiger partial charge in [0, 0.05) is 38.3 Å². The van der Waals surface area contributed by atoms with Crippen molar-refractivity contribution in [3.05, 3.63) is 0 Å². The summed E-state index contributed by atoms with van der Waals surface area (Å²) >= 11 is 0. The molecule has 2 heterocycles. The molecule has 2 saturated heterocycles. The molecule has 0 amide bonds. The van der Waals surface area contributed by atoms with Gasteiger partial charge in [0.25, 0.3) is 0 Å². The Morgan fingerprint density at radius 3 is 2.26 bits per heavy atom. The van der Waals surface area contributed by atoms with Gasteiger partial charge in [0.1, 0.15) is 0 Å². The summed E-state index contributed by atoms with van der Waals surface area (Å²) in [5.41, 5.74) is 0. The predicted molar refractivity (Wildman–Crippen MR) is 88.2 cm³/mol. The summed E-state index contributed by atoms with van der Waals surface area (Å²) in [7, 11) is -3.00. The van der Waals surface area contributed by atoms with Crippen LogP contribution in [0.25, 0.3) is 0 Å². The van der Waals surface area contributed by atoms with E-state index in [1.807, 2.05) is 0 Å². The number of rotatable bonds is 5. The van der Waals surface area contributed by atoms with Gasteiger partial charge in [-0.1, -0.05) is 19.3 Å². The molecule has 1 aliphatic carbocycles. The van der Waals surface area contributed by atoms with Crippen molar-refractivity contribution >= 4 is 15.8 Å². The third-order valence-electron chi connectivity index (χ3n) is 5.74. The molecule has 2 aliphatic heterocycles. The maximum absolute atomic E-state index is 12.1. The monoisotopic (exact) mass is 344 g/mol. The molecule has 6 nitrogen and oxygen atoms in total. The van der Waals surface area contributed by atoms with Crippen LogP contribution in [0.15, 0.2) is 0 Å². The number of aliphatic carboxylic acids is 1. The second kappa shape index (κ2) is 7.07. The molecule has 0 aromatic carbocycles. The van der Waals surface area contributed by atoms with Gasteiger partial charge in [0.05, 0.1) is 17.9 Å². The molecule has 3 rings (SSSR count). The highest BCUT2D eigenvalue weighted by molar-refractivity contribution is 7.91. The largest absolute Gasteiger partial charge is 0.481 e. The number of carbonyl (C=O) groups is 1. The van der Waals surface area contributed by atoms with Crippen LogP contribution in [0, 0.1) is 5.92 Å². The van der Waals surface area contributed by atoms with Crippen LogP contribution in [0.5, 0.6) is 0 Å². The number of hydrogen-bond donors (Lipinski definition) is 1. The van der Waals surface area contributed by atoms with Gasteiger partial charge in [0.15, 0.2) is 9.84 Å². The van der Waals surface area contributed by atoms with E-state index >= 15 is 0 Å². The van der Waals surface area contributed by atoms with Crippen LogP contribution < -0.4 is 0 Å². The van der Waals surface area contributed by atoms with Gasteiger partial charge in [-0.15, -0.1) is 0 Å². The van der Waals surface area contributed by atoms with Crippen LogP contribution in [0.4, 0.5) is 0 Å². The van der Waals surface area contributed by atoms with Crippen LogP contribution in [0.3, 0.4) is 0 Å². The van der Waals surface area contributed by atoms with Crippen LogP contribution in [0.1, 0.15) is 38.5 Å². The fourth-order valence-electron chi connectivity index (χ4n) is 4.54. The number of carboxylic acid groups (broad SMARTS) is 1. The average Bonchev–Trinajstić information content (AvgIpc) is 2.83. The van der Waals surface area contributed by atoms with Crippen molar-refractivity contribution in [3.8, 4) is 0 Å². The van der Waals surface area contributed by atoms with E-state index in [0.29, 0.717) is 12.5 Å². The molecule has 7 heteroatoms. The number of carboxylic acids is 1. The molecule has 3 fully saturated rings. The molecule has 132 valence electrons. The zero-order valence-electron chi connectivity index (χ0n) is 13.7. The lowest BCUT2D eigenvalue weighted by atomic mass is 9.88. The third-order valence-corrected chi connectivity index (χ3v) is 7.44. The lowest BCUT2D eigenvalue weighted by Crippen LogP contribution is -2.60. The number of sulfone groups is 1. The first kappa shape index (κ1) is 17.2. The molecule has 0 aromatic heterocycles. The summed E-state index contributed by atoms with van der Waals surface area (Å²) in [5, 5.41) is 8.90. The van der Waals surface area contributed by atoms with E-state index in [9.17, 15) is 13.2 Å². The van der Waals surface area contributed by atoms with Gasteiger partial charge in [-0.2, -0.15) is 0 Å². The number of piperazine rings is 1. The van der Waals surface area contributed by atoms with Crippen LogP contribution in [-0.2, 0) is 14.6 Å². The van der Waals surface area contributed by atoms with Gasteiger partial charge in [-0.05, 0) is 18.8 Å². The van der Waals surface area contributed by atoms with Crippen molar-refractivity contribution in [2.24, 2.45) is 5.92 Å². The van der Waals surface area contributed by atoms with Gasteiger partial charge < -0.3 is 5.11 Å². The Kier molecular flexibility index (Phi) is 5.28. The van der Waals surface area contributed by atoms with Crippen molar-refractivity contribution in [1.82, 2.24) is 9.80 Å². The van der Waals surface area contributed by atoms with E-state index in [1.165, 1.54) is 32.1 Å². The summed E-state index contributed by atoms with van der Waals surface area (Å²) in [6, 6.07) is 0.0427. The molecular weight excluding hydrogens is 316 g/mol. The summed E-state index contributed by atoms with van der Waals surface area (Å²) in [5.74, 6) is 0.331. The Hall–Kier alpha value is -0.660. The minimum Gasteiger partial charge on any atom is -0.481 e. The SMILES string of the molecule is O=C(O)CCN1CCN(CC2CCCCC2)[C@@H]2CS(=O)(=O)C[C@@H]21. The fraction of sp³-hybridized carbons (Fsp3) is 0.938. The summed E-state index contributed by atoms with van der Waals surface area (Å²) in [6.07, 6.45) is 6.56. The third kappa shape index (κ3) is 4.25. The molecule has 23 heavy (non-hydrogen) atoms. The maximum Gasteiger partial charge on any atom is 0.304 e. The van der Waals surface area contributed by atoms with E-state index in [2.05, 4.69) is 9.80 Å². The highest BCUT2D eigenvalue weighted by atomic mass is 32.2. The average molecular weight is 344 g/mol. The van der Waals surface area contributed by atoms with Gasteiger partial charge in [-0.25, -0.2) is 8.42 Å². The summed E-state index contributed by atoms with van der Waals surface area (Å²) in [4.78, 5) is 15.3. The smallest absolute Gasteiger partial charge is 0.304 e. The maximum atomic E-state index is 12.1. The Morgan fingerprint density at radius 1 is 1.00 bits per heavy atom. The minimum absolute atomic E-state index is 0.0170.